The smallest absolute Gasteiger partial charge is 0.254 e. The summed E-state index contributed by atoms with van der Waals surface area (Å²) in [5, 5.41) is 29.5. The monoisotopic (exact) mass is 768 g/mol. The summed E-state index contributed by atoms with van der Waals surface area (Å²) in [5.74, 6) is 0.445. The van der Waals surface area contributed by atoms with Crippen LogP contribution in [0.1, 0.15) is 35.2 Å². The molecular formula is C37H42ClFN6O9. The first-order valence-corrected chi connectivity index (χ1v) is 17.9. The zero-order valence-corrected chi connectivity index (χ0v) is 30.3. The van der Waals surface area contributed by atoms with E-state index in [0.717, 1.165) is 0 Å². The van der Waals surface area contributed by atoms with Gasteiger partial charge in [-0.25, -0.2) is 14.4 Å². The number of nitrogens with zero attached hydrogens (tertiary/aromatic N) is 3. The fourth-order valence-electron chi connectivity index (χ4n) is 6.22. The van der Waals surface area contributed by atoms with Gasteiger partial charge in [0.2, 0.25) is 5.91 Å². The lowest BCUT2D eigenvalue weighted by molar-refractivity contribution is -0.117. The third-order valence-electron chi connectivity index (χ3n) is 8.94. The second-order valence-corrected chi connectivity index (χ2v) is 12.9. The van der Waals surface area contributed by atoms with E-state index in [0.29, 0.717) is 96.6 Å². The van der Waals surface area contributed by atoms with E-state index in [-0.39, 0.29) is 43.0 Å². The average molecular weight is 769 g/mol. The highest BCUT2D eigenvalue weighted by molar-refractivity contribution is 6.31. The fraction of sp³-hybridized carbons (Fsp3) is 0.405. The lowest BCUT2D eigenvalue weighted by Crippen LogP contribution is -2.56. The molecule has 3 unspecified atom stereocenters. The number of halogens is 2. The number of hydrogen-bond donors (Lipinski definition) is 5. The third kappa shape index (κ3) is 9.70. The summed E-state index contributed by atoms with van der Waals surface area (Å²) in [4.78, 5) is 35.9. The lowest BCUT2D eigenvalue weighted by atomic mass is 10.0. The van der Waals surface area contributed by atoms with Crippen molar-refractivity contribution in [3.05, 3.63) is 76.8 Å². The van der Waals surface area contributed by atoms with Gasteiger partial charge in [0, 0.05) is 40.5 Å². The van der Waals surface area contributed by atoms with Crippen LogP contribution >= 0.6 is 11.6 Å². The molecule has 2 aliphatic rings. The number of hydrogen-bond acceptors (Lipinski definition) is 13. The highest BCUT2D eigenvalue weighted by atomic mass is 35.5. The Bertz CT molecular complexity index is 1940. The quantitative estimate of drug-likeness (QED) is 0.0917. The minimum absolute atomic E-state index is 0.0123. The van der Waals surface area contributed by atoms with Crippen LogP contribution in [0.25, 0.3) is 10.9 Å². The third-order valence-corrected chi connectivity index (χ3v) is 9.23. The van der Waals surface area contributed by atoms with E-state index in [9.17, 15) is 24.2 Å². The maximum atomic E-state index is 13.6. The predicted octanol–water partition coefficient (Wildman–Crippen LogP) is 3.98. The number of ether oxygens (including phenoxy) is 5. The molecule has 1 saturated heterocycles. The van der Waals surface area contributed by atoms with Crippen LogP contribution in [0, 0.1) is 5.82 Å². The van der Waals surface area contributed by atoms with Gasteiger partial charge in [0.1, 0.15) is 37.0 Å². The van der Waals surface area contributed by atoms with Gasteiger partial charge in [-0.3, -0.25) is 14.9 Å². The fourth-order valence-corrected chi connectivity index (χ4v) is 6.40. The number of aromatic nitrogens is 2. The van der Waals surface area contributed by atoms with Crippen molar-refractivity contribution in [1.82, 2.24) is 20.2 Å². The van der Waals surface area contributed by atoms with Crippen molar-refractivity contribution in [2.45, 2.75) is 44.3 Å². The molecule has 0 spiro atoms. The van der Waals surface area contributed by atoms with Gasteiger partial charge >= 0.3 is 0 Å². The highest BCUT2D eigenvalue weighted by Crippen LogP contribution is 2.36. The molecular weight excluding hydrogens is 727 g/mol. The Labute approximate surface area is 315 Å². The molecule has 0 aliphatic carbocycles. The molecule has 0 bridgehead atoms. The van der Waals surface area contributed by atoms with E-state index in [1.807, 2.05) is 0 Å². The largest absolute Gasteiger partial charge is 0.493 e. The topological polar surface area (TPSA) is 186 Å². The Hall–Kier alpha value is -4.68. The molecule has 3 heterocycles. The molecule has 2 amide bonds. The summed E-state index contributed by atoms with van der Waals surface area (Å²) in [7, 11) is 1.53. The molecule has 288 valence electrons. The van der Waals surface area contributed by atoms with Gasteiger partial charge in [0.05, 0.1) is 69.8 Å². The Balaban J connectivity index is 0.850. The van der Waals surface area contributed by atoms with Crippen LogP contribution in [0.3, 0.4) is 0 Å². The summed E-state index contributed by atoms with van der Waals surface area (Å²) in [6, 6.07) is 12.5. The second-order valence-electron chi connectivity index (χ2n) is 12.5. The van der Waals surface area contributed by atoms with Crippen LogP contribution in [0.15, 0.2) is 54.9 Å². The number of methoxy groups -OCH3 is 1. The van der Waals surface area contributed by atoms with Crippen LogP contribution in [0.4, 0.5) is 21.6 Å². The van der Waals surface area contributed by atoms with Crippen molar-refractivity contribution in [3.63, 3.8) is 0 Å². The number of amides is 2. The van der Waals surface area contributed by atoms with Crippen molar-refractivity contribution in [2.24, 2.45) is 0 Å². The summed E-state index contributed by atoms with van der Waals surface area (Å²) >= 11 is 5.93. The van der Waals surface area contributed by atoms with Gasteiger partial charge in [0.15, 0.2) is 11.5 Å². The maximum Gasteiger partial charge on any atom is 0.254 e. The Morgan fingerprint density at radius 1 is 0.981 bits per heavy atom. The molecule has 15 nitrogen and oxygen atoms in total. The SMILES string of the molecule is COc1cc2ncnc(Nc3ccc(F)c(Cl)c3)c2cc1OCCOCCOCCOCCC(=O)Nc1cccc2c1CN(C1CCC(O)NC1O)C2=O. The molecule has 17 heteroatoms. The first-order chi connectivity index (χ1) is 26.2. The van der Waals surface area contributed by atoms with E-state index < -0.39 is 24.3 Å². The summed E-state index contributed by atoms with van der Waals surface area (Å²) < 4.78 is 41.8. The molecule has 4 aromatic rings. The number of carbonyl (C=O) groups is 2. The van der Waals surface area contributed by atoms with Crippen molar-refractivity contribution in [3.8, 4) is 11.5 Å². The van der Waals surface area contributed by atoms with Crippen molar-refractivity contribution in [1.29, 1.82) is 0 Å². The Morgan fingerprint density at radius 2 is 1.74 bits per heavy atom. The first-order valence-electron chi connectivity index (χ1n) is 17.5. The van der Waals surface area contributed by atoms with Crippen LogP contribution < -0.4 is 25.4 Å². The van der Waals surface area contributed by atoms with Gasteiger partial charge in [-0.1, -0.05) is 17.7 Å². The second kappa shape index (κ2) is 18.6. The molecule has 6 rings (SSSR count). The molecule has 3 aromatic carbocycles. The summed E-state index contributed by atoms with van der Waals surface area (Å²) in [6.07, 6.45) is 0.546. The first kappa shape index (κ1) is 39.0. The van der Waals surface area contributed by atoms with Crippen molar-refractivity contribution < 1.29 is 47.9 Å². The molecule has 3 atom stereocenters. The van der Waals surface area contributed by atoms with Gasteiger partial charge in [0.25, 0.3) is 5.91 Å². The molecule has 54 heavy (non-hydrogen) atoms. The predicted molar refractivity (Wildman–Crippen MR) is 196 cm³/mol. The average Bonchev–Trinajstić information content (AvgIpc) is 3.49. The highest BCUT2D eigenvalue weighted by Gasteiger charge is 2.39. The molecule has 0 saturated carbocycles. The van der Waals surface area contributed by atoms with Crippen LogP contribution in [-0.2, 0) is 25.5 Å². The Morgan fingerprint density at radius 3 is 2.48 bits per heavy atom. The zero-order chi connectivity index (χ0) is 38.0. The molecule has 2 aliphatic heterocycles. The molecule has 1 fully saturated rings. The zero-order valence-electron chi connectivity index (χ0n) is 29.6. The van der Waals surface area contributed by atoms with Gasteiger partial charge in [-0.2, -0.15) is 0 Å². The minimum atomic E-state index is -1.04. The van der Waals surface area contributed by atoms with E-state index >= 15 is 0 Å². The number of anilines is 3. The Kier molecular flexibility index (Phi) is 13.4. The van der Waals surface area contributed by atoms with Crippen LogP contribution in [0.2, 0.25) is 5.02 Å². The van der Waals surface area contributed by atoms with E-state index in [2.05, 4.69) is 25.9 Å². The molecule has 1 aromatic heterocycles. The molecule has 0 radical (unpaired) electrons. The maximum absolute atomic E-state index is 13.6. The summed E-state index contributed by atoms with van der Waals surface area (Å²) in [6.45, 7) is 2.26. The number of aliphatic hydroxyl groups excluding tert-OH is 2. The van der Waals surface area contributed by atoms with Crippen LogP contribution in [0.5, 0.6) is 11.5 Å². The van der Waals surface area contributed by atoms with Gasteiger partial charge < -0.3 is 49.4 Å². The van der Waals surface area contributed by atoms with Crippen molar-refractivity contribution in [2.75, 3.05) is 64.0 Å². The minimum Gasteiger partial charge on any atom is -0.493 e. The van der Waals surface area contributed by atoms with E-state index in [1.165, 1.54) is 25.6 Å². The number of benzene rings is 3. The van der Waals surface area contributed by atoms with Gasteiger partial charge in [-0.05, 0) is 49.2 Å². The van der Waals surface area contributed by atoms with Crippen LogP contribution in [-0.4, -0.2) is 109 Å². The lowest BCUT2D eigenvalue weighted by Gasteiger charge is -2.37. The number of fused-ring (bicyclic) bond motifs is 2. The summed E-state index contributed by atoms with van der Waals surface area (Å²) in [5.41, 5.74) is 2.89. The van der Waals surface area contributed by atoms with E-state index in [1.54, 1.807) is 41.3 Å². The number of rotatable bonds is 18. The van der Waals surface area contributed by atoms with Gasteiger partial charge in [-0.15, -0.1) is 0 Å². The molecule has 5 N–H and O–H groups in total. The van der Waals surface area contributed by atoms with E-state index in [4.69, 9.17) is 35.3 Å². The number of carbonyl (C=O) groups excluding carboxylic acids is 2. The number of piperidine rings is 1. The number of aliphatic hydroxyl groups is 2. The normalized spacial score (nSPS) is 18.1. The van der Waals surface area contributed by atoms with Crippen molar-refractivity contribution >= 4 is 51.5 Å². The standard InChI is InChI=1S/C37H42ClFN6O9/c1-50-31-19-29-24(35(41-21-40-29)42-22-5-6-27(39)26(38)17-22)18-32(31)54-16-15-53-14-13-52-12-11-51-10-9-34(47)43-28-4-2-3-23-25(28)20-45(37(23)49)30-7-8-33(46)44-36(30)48/h2-6,17-19,21,30,33,36,44,46,48H,7-16,20H2,1H3,(H,43,47)(H,40,41,42). The number of nitrogens with one attached hydrogen (secondary N) is 3.